The summed E-state index contributed by atoms with van der Waals surface area (Å²) in [6.07, 6.45) is 9.49. The monoisotopic (exact) mass is 671 g/mol. The maximum absolute atomic E-state index is 6.68. The molecule has 0 amide bonds. The standard InChI is InChI=1S/C21H27N2.C7H6.C4H12N3.2ClH.Ru/c1-14-9-16(3)20(17(4)10-14)22-7-8-23(13-22)21-18(5)11-15(2)12-19(21)6;1-7-5-3-2-4-6-7;5-1-3-7-4-2-6;;;/h9-13H,7-8H2,1-6H3;1-6H;5,7H,1-4,6H2;2*1H;/q;;-1;;;+3/p-2. The molecule has 1 saturated heterocycles. The molecule has 40 heavy (non-hydrogen) atoms. The summed E-state index contributed by atoms with van der Waals surface area (Å²) in [5.74, 6) is 0. The predicted octanol–water partition coefficient (Wildman–Crippen LogP) is 0.251. The van der Waals surface area contributed by atoms with Crippen molar-refractivity contribution in [3.05, 3.63) is 113 Å². The van der Waals surface area contributed by atoms with Gasteiger partial charge in [-0.05, 0) is 75.9 Å². The molecule has 0 saturated carbocycles. The van der Waals surface area contributed by atoms with Gasteiger partial charge in [-0.25, -0.2) is 0 Å². The molecular weight excluding hydrogens is 626 g/mol. The van der Waals surface area contributed by atoms with Crippen LogP contribution in [0.2, 0.25) is 0 Å². The van der Waals surface area contributed by atoms with E-state index >= 15 is 0 Å². The van der Waals surface area contributed by atoms with Crippen LogP contribution in [0, 0.1) is 61.2 Å². The van der Waals surface area contributed by atoms with Crippen LogP contribution in [0.5, 0.6) is 0 Å². The SMILES string of the molecule is Cc1cc(C)c(N2[CH]N(c3c(C)cc(C)cc3C)CC2)c(C)c1.[CH+]=C1C=C[CH-]C=C1.[Cl-].[Cl-].[NH-]CCNCCN.[Ru+3]. The Morgan fingerprint density at radius 1 is 0.800 bits per heavy atom. The molecule has 1 fully saturated rings. The van der Waals surface area contributed by atoms with Gasteiger partial charge >= 0.3 is 19.5 Å². The summed E-state index contributed by atoms with van der Waals surface area (Å²) in [4.78, 5) is 4.81. The number of allylic oxidation sites excluding steroid dienone is 5. The van der Waals surface area contributed by atoms with Crippen molar-refractivity contribution in [2.24, 2.45) is 5.73 Å². The first-order chi connectivity index (χ1) is 17.7. The second-order valence-corrected chi connectivity index (χ2v) is 9.70. The minimum absolute atomic E-state index is 0. The second kappa shape index (κ2) is 20.9. The van der Waals surface area contributed by atoms with E-state index in [0.29, 0.717) is 13.1 Å². The van der Waals surface area contributed by atoms with Crippen LogP contribution in [0.15, 0.2) is 54.1 Å². The summed E-state index contributed by atoms with van der Waals surface area (Å²) in [6.45, 7) is 25.6. The molecule has 1 aliphatic heterocycles. The Morgan fingerprint density at radius 3 is 1.50 bits per heavy atom. The summed E-state index contributed by atoms with van der Waals surface area (Å²) in [5, 5.41) is 2.97. The number of aryl methyl sites for hydroxylation is 6. The van der Waals surface area contributed by atoms with Crippen molar-refractivity contribution in [1.29, 1.82) is 0 Å². The van der Waals surface area contributed by atoms with Crippen molar-refractivity contribution in [3.8, 4) is 0 Å². The average Bonchev–Trinajstić information content (AvgIpc) is 3.28. The third-order valence-corrected chi connectivity index (χ3v) is 6.13. The van der Waals surface area contributed by atoms with Crippen LogP contribution in [-0.2, 0) is 19.5 Å². The number of hydrogen-bond acceptors (Lipinski definition) is 4. The first-order valence-electron chi connectivity index (χ1n) is 13.1. The fourth-order valence-corrected chi connectivity index (χ4v) is 4.86. The van der Waals surface area contributed by atoms with Gasteiger partial charge < -0.3 is 51.4 Å². The van der Waals surface area contributed by atoms with E-state index < -0.39 is 0 Å². The van der Waals surface area contributed by atoms with Crippen molar-refractivity contribution in [1.82, 2.24) is 5.32 Å². The minimum Gasteiger partial charge on any atom is -1.00 e. The van der Waals surface area contributed by atoms with Crippen LogP contribution >= 0.6 is 0 Å². The molecule has 1 heterocycles. The van der Waals surface area contributed by atoms with E-state index in [1.807, 2.05) is 30.7 Å². The zero-order valence-electron chi connectivity index (χ0n) is 24.7. The zero-order chi connectivity index (χ0) is 27.4. The third kappa shape index (κ3) is 12.7. The largest absolute Gasteiger partial charge is 3.00 e. The van der Waals surface area contributed by atoms with E-state index in [-0.39, 0.29) is 44.3 Å². The van der Waals surface area contributed by atoms with E-state index in [1.54, 1.807) is 0 Å². The van der Waals surface area contributed by atoms with E-state index in [4.69, 9.17) is 18.0 Å². The first-order valence-corrected chi connectivity index (χ1v) is 13.1. The smallest absolute Gasteiger partial charge is 1.00 e. The summed E-state index contributed by atoms with van der Waals surface area (Å²) in [7, 11) is 0. The van der Waals surface area contributed by atoms with Gasteiger partial charge in [-0.2, -0.15) is 18.6 Å². The number of halogens is 2. The van der Waals surface area contributed by atoms with Gasteiger partial charge in [0.25, 0.3) is 0 Å². The molecule has 2 radical (unpaired) electrons. The number of nitrogens with one attached hydrogen (secondary N) is 2. The molecule has 5 nitrogen and oxygen atoms in total. The molecule has 8 heteroatoms. The van der Waals surface area contributed by atoms with Gasteiger partial charge in [0, 0.05) is 37.6 Å². The van der Waals surface area contributed by atoms with Crippen molar-refractivity contribution in [3.63, 3.8) is 0 Å². The number of rotatable bonds is 6. The van der Waals surface area contributed by atoms with Crippen LogP contribution in [0.3, 0.4) is 0 Å². The van der Waals surface area contributed by atoms with E-state index in [1.165, 1.54) is 44.8 Å². The Kier molecular flexibility index (Phi) is 21.1. The molecule has 4 N–H and O–H groups in total. The number of anilines is 2. The molecule has 0 atom stereocenters. The maximum Gasteiger partial charge on any atom is 3.00 e. The van der Waals surface area contributed by atoms with Crippen LogP contribution in [0.25, 0.3) is 5.73 Å². The Balaban J connectivity index is 0. The zero-order valence-corrected chi connectivity index (χ0v) is 27.9. The molecule has 1 aliphatic carbocycles. The van der Waals surface area contributed by atoms with Crippen LogP contribution in [0.4, 0.5) is 11.4 Å². The number of nitrogens with two attached hydrogens (primary N) is 1. The summed E-state index contributed by atoms with van der Waals surface area (Å²) >= 11 is 0. The normalized spacial score (nSPS) is 13.0. The van der Waals surface area contributed by atoms with Crippen LogP contribution in [-0.4, -0.2) is 39.3 Å². The Bertz CT molecular complexity index is 973. The molecule has 2 aliphatic rings. The van der Waals surface area contributed by atoms with Gasteiger partial charge in [0.1, 0.15) is 6.67 Å². The molecule has 0 bridgehead atoms. The van der Waals surface area contributed by atoms with Gasteiger partial charge in [0.2, 0.25) is 0 Å². The molecule has 2 aromatic carbocycles. The third-order valence-electron chi connectivity index (χ3n) is 6.13. The van der Waals surface area contributed by atoms with Crippen molar-refractivity contribution < 1.29 is 44.3 Å². The second-order valence-electron chi connectivity index (χ2n) is 9.70. The molecule has 0 aromatic heterocycles. The Morgan fingerprint density at radius 2 is 1.20 bits per heavy atom. The van der Waals surface area contributed by atoms with Crippen molar-refractivity contribution >= 4 is 11.4 Å². The number of hydrogen-bond donors (Lipinski definition) is 2. The topological polar surface area (TPSA) is 68.3 Å². The predicted molar refractivity (Wildman–Crippen MR) is 162 cm³/mol. The van der Waals surface area contributed by atoms with E-state index in [2.05, 4.69) is 87.6 Å². The van der Waals surface area contributed by atoms with Crippen LogP contribution < -0.4 is 45.7 Å². The van der Waals surface area contributed by atoms with Crippen molar-refractivity contribution in [2.75, 3.05) is 49.1 Å². The van der Waals surface area contributed by atoms with Gasteiger partial charge in [0.05, 0.1) is 0 Å². The van der Waals surface area contributed by atoms with E-state index in [0.717, 1.165) is 31.8 Å². The molecule has 4 rings (SSSR count). The molecule has 220 valence electrons. The number of nitrogens with zero attached hydrogens (tertiary/aromatic N) is 2. The summed E-state index contributed by atoms with van der Waals surface area (Å²) < 4.78 is 0. The molecule has 0 unspecified atom stereocenters. The van der Waals surface area contributed by atoms with Crippen LogP contribution in [0.1, 0.15) is 33.4 Å². The summed E-state index contributed by atoms with van der Waals surface area (Å²) in [6, 6.07) is 9.12. The average molecular weight is 672 g/mol. The van der Waals surface area contributed by atoms with E-state index in [9.17, 15) is 0 Å². The van der Waals surface area contributed by atoms with Crippen molar-refractivity contribution in [2.45, 2.75) is 41.5 Å². The maximum atomic E-state index is 6.68. The molecular formula is C32H45Cl2N5Ru. The van der Waals surface area contributed by atoms with Gasteiger partial charge in [-0.1, -0.05) is 42.0 Å². The van der Waals surface area contributed by atoms with Gasteiger partial charge in [-0.3, -0.25) is 0 Å². The summed E-state index contributed by atoms with van der Waals surface area (Å²) in [5.41, 5.74) is 23.5. The first kappa shape index (κ1) is 40.3. The Labute approximate surface area is 269 Å². The fourth-order valence-electron chi connectivity index (χ4n) is 4.86. The minimum atomic E-state index is 0. The number of benzene rings is 2. The van der Waals surface area contributed by atoms with Gasteiger partial charge in [-0.15, -0.1) is 18.7 Å². The molecule has 0 spiro atoms. The fraction of sp³-hybridized carbons (Fsp3) is 0.375. The quantitative estimate of drug-likeness (QED) is 0.263. The molecule has 2 aromatic rings. The van der Waals surface area contributed by atoms with Gasteiger partial charge in [0.15, 0.2) is 0 Å². The Hall–Kier alpha value is -1.88.